The topological polar surface area (TPSA) is 98.6 Å². The molecular weight excluding hydrogens is 382 g/mol. The van der Waals surface area contributed by atoms with Gasteiger partial charge in [-0.05, 0) is 24.6 Å². The number of benzene rings is 1. The molecule has 0 spiro atoms. The van der Waals surface area contributed by atoms with Gasteiger partial charge in [-0.15, -0.1) is 0 Å². The van der Waals surface area contributed by atoms with Gasteiger partial charge in [0.25, 0.3) is 0 Å². The highest BCUT2D eigenvalue weighted by Crippen LogP contribution is 2.31. The minimum Gasteiger partial charge on any atom is -0.467 e. The van der Waals surface area contributed by atoms with Crippen molar-refractivity contribution in [2.45, 2.75) is 6.92 Å². The van der Waals surface area contributed by atoms with Crippen LogP contribution < -0.4 is 25.2 Å². The van der Waals surface area contributed by atoms with E-state index in [4.69, 9.17) is 14.9 Å². The molecule has 2 aliphatic heterocycles. The molecule has 0 atom stereocenters. The maximum absolute atomic E-state index is 7.87. The number of anilines is 4. The van der Waals surface area contributed by atoms with Crippen molar-refractivity contribution in [3.05, 3.63) is 29.3 Å². The molecule has 30 heavy (non-hydrogen) atoms. The predicted molar refractivity (Wildman–Crippen MR) is 119 cm³/mol. The molecule has 1 aromatic carbocycles. The van der Waals surface area contributed by atoms with Crippen LogP contribution in [0.4, 0.5) is 23.0 Å². The third kappa shape index (κ3) is 4.47. The number of rotatable bonds is 6. The van der Waals surface area contributed by atoms with Crippen LogP contribution in [0.1, 0.15) is 11.1 Å². The van der Waals surface area contributed by atoms with Crippen LogP contribution in [0.25, 0.3) is 0 Å². The summed E-state index contributed by atoms with van der Waals surface area (Å²) in [6.07, 6.45) is 1.37. The van der Waals surface area contributed by atoms with E-state index in [1.54, 1.807) is 7.11 Å². The van der Waals surface area contributed by atoms with Crippen molar-refractivity contribution < 1.29 is 9.47 Å². The maximum atomic E-state index is 7.87. The third-order valence-electron chi connectivity index (χ3n) is 5.45. The smallest absolute Gasteiger partial charge is 0.320 e. The average molecular weight is 412 g/mol. The number of aromatic nitrogens is 2. The van der Waals surface area contributed by atoms with Crippen molar-refractivity contribution >= 4 is 29.2 Å². The molecule has 0 amide bonds. The predicted octanol–water partition coefficient (Wildman–Crippen LogP) is 1.78. The zero-order chi connectivity index (χ0) is 20.9. The standard InChI is InChI=1S/C21H29N7O2/c1-15-11-16(14-22)17(12-18(15)27-7-9-30-10-8-27)24-19-13-20(26-21(25-19)29-2)28-5-3-23-4-6-28/h11-14,22-23H,3-10H2,1-2H3,(H,24,25,26). The first-order chi connectivity index (χ1) is 14.7. The monoisotopic (exact) mass is 411 g/mol. The first-order valence-corrected chi connectivity index (χ1v) is 10.3. The summed E-state index contributed by atoms with van der Waals surface area (Å²) in [5.41, 5.74) is 3.94. The highest BCUT2D eigenvalue weighted by Gasteiger charge is 2.18. The van der Waals surface area contributed by atoms with Gasteiger partial charge in [-0.1, -0.05) is 0 Å². The normalized spacial score (nSPS) is 17.0. The number of hydrogen-bond donors (Lipinski definition) is 3. The number of piperazine rings is 1. The molecule has 9 heteroatoms. The minimum absolute atomic E-state index is 0.324. The minimum atomic E-state index is 0.324. The Morgan fingerprint density at radius 2 is 1.87 bits per heavy atom. The van der Waals surface area contributed by atoms with E-state index in [0.29, 0.717) is 11.8 Å². The van der Waals surface area contributed by atoms with Crippen molar-refractivity contribution in [1.82, 2.24) is 15.3 Å². The lowest BCUT2D eigenvalue weighted by atomic mass is 10.1. The Morgan fingerprint density at radius 1 is 1.10 bits per heavy atom. The molecule has 0 unspecified atom stereocenters. The Hall–Kier alpha value is -2.91. The van der Waals surface area contributed by atoms with Crippen molar-refractivity contribution in [3.63, 3.8) is 0 Å². The first-order valence-electron chi connectivity index (χ1n) is 10.3. The van der Waals surface area contributed by atoms with E-state index in [2.05, 4.69) is 43.4 Å². The van der Waals surface area contributed by atoms with Crippen LogP contribution in [0.5, 0.6) is 6.01 Å². The summed E-state index contributed by atoms with van der Waals surface area (Å²) in [6, 6.07) is 6.40. The van der Waals surface area contributed by atoms with Gasteiger partial charge in [-0.25, -0.2) is 0 Å². The molecule has 9 nitrogen and oxygen atoms in total. The van der Waals surface area contributed by atoms with Gasteiger partial charge < -0.3 is 35.3 Å². The Kier molecular flexibility index (Phi) is 6.29. The number of ether oxygens (including phenoxy) is 2. The van der Waals surface area contributed by atoms with Gasteiger partial charge in [0.2, 0.25) is 0 Å². The van der Waals surface area contributed by atoms with E-state index in [1.165, 1.54) is 6.21 Å². The zero-order valence-electron chi connectivity index (χ0n) is 17.6. The third-order valence-corrected chi connectivity index (χ3v) is 5.45. The van der Waals surface area contributed by atoms with E-state index in [9.17, 15) is 0 Å². The Bertz CT molecular complexity index is 893. The van der Waals surface area contributed by atoms with E-state index in [-0.39, 0.29) is 0 Å². The number of nitrogens with zero attached hydrogens (tertiary/aromatic N) is 4. The van der Waals surface area contributed by atoms with Gasteiger partial charge >= 0.3 is 6.01 Å². The zero-order valence-corrected chi connectivity index (χ0v) is 17.6. The fourth-order valence-corrected chi connectivity index (χ4v) is 3.85. The molecule has 2 saturated heterocycles. The van der Waals surface area contributed by atoms with Crippen molar-refractivity contribution in [1.29, 1.82) is 5.41 Å². The molecule has 0 saturated carbocycles. The van der Waals surface area contributed by atoms with Gasteiger partial charge in [0.1, 0.15) is 11.6 Å². The van der Waals surface area contributed by atoms with E-state index in [1.807, 2.05) is 12.1 Å². The van der Waals surface area contributed by atoms with Gasteiger partial charge in [0.15, 0.2) is 0 Å². The van der Waals surface area contributed by atoms with Gasteiger partial charge in [0.05, 0.1) is 26.0 Å². The highest BCUT2D eigenvalue weighted by atomic mass is 16.5. The maximum Gasteiger partial charge on any atom is 0.320 e. The van der Waals surface area contributed by atoms with Crippen LogP contribution in [-0.4, -0.2) is 75.8 Å². The quantitative estimate of drug-likeness (QED) is 0.619. The molecule has 160 valence electrons. The number of morpholine rings is 1. The Balaban J connectivity index is 1.66. The van der Waals surface area contributed by atoms with Crippen LogP contribution in [0.3, 0.4) is 0 Å². The summed E-state index contributed by atoms with van der Waals surface area (Å²) in [5, 5.41) is 14.6. The lowest BCUT2D eigenvalue weighted by Crippen LogP contribution is -2.43. The summed E-state index contributed by atoms with van der Waals surface area (Å²) in [4.78, 5) is 13.6. The second-order valence-electron chi connectivity index (χ2n) is 7.43. The second-order valence-corrected chi connectivity index (χ2v) is 7.43. The molecular formula is C21H29N7O2. The molecule has 2 fully saturated rings. The van der Waals surface area contributed by atoms with Crippen molar-refractivity contribution in [3.8, 4) is 6.01 Å². The average Bonchev–Trinajstić information content (AvgIpc) is 2.80. The summed E-state index contributed by atoms with van der Waals surface area (Å²) >= 11 is 0. The number of aryl methyl sites for hydroxylation is 1. The Labute approximate surface area is 176 Å². The van der Waals surface area contributed by atoms with Crippen LogP contribution >= 0.6 is 0 Å². The fourth-order valence-electron chi connectivity index (χ4n) is 3.85. The number of nitrogens with one attached hydrogen (secondary N) is 3. The van der Waals surface area contributed by atoms with Crippen LogP contribution in [0, 0.1) is 12.3 Å². The lowest BCUT2D eigenvalue weighted by Gasteiger charge is -2.31. The van der Waals surface area contributed by atoms with E-state index >= 15 is 0 Å². The fraction of sp³-hybridized carbons (Fsp3) is 0.476. The molecule has 0 radical (unpaired) electrons. The largest absolute Gasteiger partial charge is 0.467 e. The van der Waals surface area contributed by atoms with E-state index in [0.717, 1.165) is 80.8 Å². The summed E-state index contributed by atoms with van der Waals surface area (Å²) < 4.78 is 10.8. The molecule has 1 aromatic heterocycles. The van der Waals surface area contributed by atoms with Crippen molar-refractivity contribution in [2.75, 3.05) is 74.7 Å². The molecule has 2 aliphatic rings. The summed E-state index contributed by atoms with van der Waals surface area (Å²) in [5.74, 6) is 1.48. The summed E-state index contributed by atoms with van der Waals surface area (Å²) in [6.45, 7) is 8.88. The molecule has 0 aliphatic carbocycles. The van der Waals surface area contributed by atoms with Crippen LogP contribution in [0.15, 0.2) is 18.2 Å². The van der Waals surface area contributed by atoms with Gasteiger partial charge in [0, 0.05) is 62.8 Å². The van der Waals surface area contributed by atoms with E-state index < -0.39 is 0 Å². The van der Waals surface area contributed by atoms with Gasteiger partial charge in [-0.2, -0.15) is 9.97 Å². The summed E-state index contributed by atoms with van der Waals surface area (Å²) in [7, 11) is 1.58. The first kappa shape index (κ1) is 20.4. The van der Waals surface area contributed by atoms with Gasteiger partial charge in [-0.3, -0.25) is 0 Å². The molecule has 3 heterocycles. The second kappa shape index (κ2) is 9.27. The van der Waals surface area contributed by atoms with Crippen LogP contribution in [-0.2, 0) is 4.74 Å². The number of hydrogen-bond acceptors (Lipinski definition) is 9. The lowest BCUT2D eigenvalue weighted by molar-refractivity contribution is 0.122. The molecule has 4 rings (SSSR count). The molecule has 3 N–H and O–H groups in total. The molecule has 0 bridgehead atoms. The number of methoxy groups -OCH3 is 1. The Morgan fingerprint density at radius 3 is 2.57 bits per heavy atom. The SMILES string of the molecule is COc1nc(Nc2cc(N3CCOCC3)c(C)cc2C=N)cc(N2CCNCC2)n1. The molecule has 2 aromatic rings. The van der Waals surface area contributed by atoms with Crippen LogP contribution in [0.2, 0.25) is 0 Å². The highest BCUT2D eigenvalue weighted by molar-refractivity contribution is 5.89. The van der Waals surface area contributed by atoms with Crippen molar-refractivity contribution in [2.24, 2.45) is 0 Å².